The monoisotopic (exact) mass is 443 g/mol. The van der Waals surface area contributed by atoms with E-state index >= 15 is 0 Å². The molecule has 0 unspecified atom stereocenters. The molecule has 33 heavy (non-hydrogen) atoms. The van der Waals surface area contributed by atoms with E-state index in [4.69, 9.17) is 4.74 Å². The predicted molar refractivity (Wildman–Crippen MR) is 128 cm³/mol. The highest BCUT2D eigenvalue weighted by molar-refractivity contribution is 5.76. The van der Waals surface area contributed by atoms with Gasteiger partial charge in [0.25, 0.3) is 5.56 Å². The van der Waals surface area contributed by atoms with E-state index in [1.165, 1.54) is 6.92 Å². The Kier molecular flexibility index (Phi) is 6.64. The van der Waals surface area contributed by atoms with Crippen LogP contribution in [0.3, 0.4) is 0 Å². The Morgan fingerprint density at radius 1 is 1.00 bits per heavy atom. The third kappa shape index (κ3) is 5.17. The molecule has 2 heterocycles. The number of methoxy groups -OCH3 is 1. The van der Waals surface area contributed by atoms with Gasteiger partial charge in [0.15, 0.2) is 5.65 Å². The molecule has 8 heteroatoms. The van der Waals surface area contributed by atoms with Crippen LogP contribution in [0.5, 0.6) is 5.75 Å². The molecule has 0 atom stereocenters. The second-order valence-corrected chi connectivity index (χ2v) is 7.51. The molecular weight excluding hydrogens is 418 g/mol. The highest BCUT2D eigenvalue weighted by Crippen LogP contribution is 2.21. The fourth-order valence-corrected chi connectivity index (χ4v) is 3.49. The van der Waals surface area contributed by atoms with E-state index in [0.717, 1.165) is 5.56 Å². The normalized spacial score (nSPS) is 10.7. The minimum atomic E-state index is -0.272. The summed E-state index contributed by atoms with van der Waals surface area (Å²) in [7, 11) is 1.59. The van der Waals surface area contributed by atoms with Crippen LogP contribution in [0.25, 0.3) is 22.4 Å². The standard InChI is InChI=1S/C25H25N5O3/c1-17(31)26-14-15-30-24-21(12-13-22(29-24)27-16-18-6-4-3-5-7-18)28-23(25(30)32)19-8-10-20(33-2)11-9-19/h3-13H,14-16H2,1-2H3,(H,26,31)(H,27,29). The number of hydrogen-bond acceptors (Lipinski definition) is 6. The molecule has 2 aromatic heterocycles. The van der Waals surface area contributed by atoms with Crippen molar-refractivity contribution in [3.8, 4) is 17.0 Å². The summed E-state index contributed by atoms with van der Waals surface area (Å²) in [4.78, 5) is 34.0. The van der Waals surface area contributed by atoms with Crippen molar-refractivity contribution in [1.82, 2.24) is 19.9 Å². The van der Waals surface area contributed by atoms with Gasteiger partial charge in [-0.1, -0.05) is 30.3 Å². The second-order valence-electron chi connectivity index (χ2n) is 7.51. The fraction of sp³-hybridized carbons (Fsp3) is 0.200. The van der Waals surface area contributed by atoms with Crippen LogP contribution in [0.15, 0.2) is 71.5 Å². The zero-order chi connectivity index (χ0) is 23.2. The molecule has 4 rings (SSSR count). The number of nitrogens with one attached hydrogen (secondary N) is 2. The van der Waals surface area contributed by atoms with Crippen LogP contribution in [0.4, 0.5) is 5.82 Å². The van der Waals surface area contributed by atoms with Gasteiger partial charge in [0.1, 0.15) is 22.8 Å². The van der Waals surface area contributed by atoms with E-state index in [1.54, 1.807) is 35.9 Å². The van der Waals surface area contributed by atoms with Crippen molar-refractivity contribution in [2.75, 3.05) is 19.0 Å². The topological polar surface area (TPSA) is 98.1 Å². The largest absolute Gasteiger partial charge is 0.497 e. The van der Waals surface area contributed by atoms with E-state index in [2.05, 4.69) is 20.6 Å². The summed E-state index contributed by atoms with van der Waals surface area (Å²) in [6, 6.07) is 20.9. The average Bonchev–Trinajstić information content (AvgIpc) is 2.84. The molecule has 0 saturated heterocycles. The number of benzene rings is 2. The molecule has 2 aromatic carbocycles. The highest BCUT2D eigenvalue weighted by Gasteiger charge is 2.15. The third-order valence-electron chi connectivity index (χ3n) is 5.18. The van der Waals surface area contributed by atoms with Crippen molar-refractivity contribution in [2.24, 2.45) is 0 Å². The Morgan fingerprint density at radius 3 is 2.45 bits per heavy atom. The molecule has 2 N–H and O–H groups in total. The number of carbonyl (C=O) groups excluding carboxylic acids is 1. The van der Waals surface area contributed by atoms with Gasteiger partial charge >= 0.3 is 0 Å². The molecule has 0 saturated carbocycles. The van der Waals surface area contributed by atoms with Crippen LogP contribution < -0.4 is 20.9 Å². The summed E-state index contributed by atoms with van der Waals surface area (Å²) in [6.07, 6.45) is 0. The van der Waals surface area contributed by atoms with E-state index < -0.39 is 0 Å². The van der Waals surface area contributed by atoms with Gasteiger partial charge in [-0.3, -0.25) is 14.2 Å². The molecule has 0 aliphatic heterocycles. The molecule has 4 aromatic rings. The maximum absolute atomic E-state index is 13.4. The molecule has 0 aliphatic carbocycles. The van der Waals surface area contributed by atoms with Gasteiger partial charge in [-0.05, 0) is 42.0 Å². The van der Waals surface area contributed by atoms with Crippen molar-refractivity contribution >= 4 is 22.9 Å². The molecule has 0 spiro atoms. The minimum Gasteiger partial charge on any atom is -0.497 e. The van der Waals surface area contributed by atoms with Crippen LogP contribution in [0.1, 0.15) is 12.5 Å². The summed E-state index contributed by atoms with van der Waals surface area (Å²) < 4.78 is 6.77. The number of aromatic nitrogens is 3. The summed E-state index contributed by atoms with van der Waals surface area (Å²) in [5, 5.41) is 6.04. The van der Waals surface area contributed by atoms with Crippen molar-refractivity contribution < 1.29 is 9.53 Å². The molecular formula is C25H25N5O3. The van der Waals surface area contributed by atoms with Gasteiger partial charge in [-0.15, -0.1) is 0 Å². The Morgan fingerprint density at radius 2 is 1.76 bits per heavy atom. The van der Waals surface area contributed by atoms with Gasteiger partial charge in [-0.2, -0.15) is 0 Å². The molecule has 0 aliphatic rings. The van der Waals surface area contributed by atoms with Crippen LogP contribution in [0.2, 0.25) is 0 Å². The summed E-state index contributed by atoms with van der Waals surface area (Å²) in [6.45, 7) is 2.63. The molecule has 168 valence electrons. The first-order chi connectivity index (χ1) is 16.0. The first-order valence-corrected chi connectivity index (χ1v) is 10.6. The number of pyridine rings is 1. The highest BCUT2D eigenvalue weighted by atomic mass is 16.5. The maximum Gasteiger partial charge on any atom is 0.278 e. The lowest BCUT2D eigenvalue weighted by Gasteiger charge is -2.14. The van der Waals surface area contributed by atoms with Crippen LogP contribution >= 0.6 is 0 Å². The molecule has 0 fully saturated rings. The number of anilines is 1. The van der Waals surface area contributed by atoms with E-state index in [9.17, 15) is 9.59 Å². The lowest BCUT2D eigenvalue weighted by Crippen LogP contribution is -2.31. The van der Waals surface area contributed by atoms with Crippen LogP contribution in [0, 0.1) is 0 Å². The fourth-order valence-electron chi connectivity index (χ4n) is 3.49. The number of nitrogens with zero attached hydrogens (tertiary/aromatic N) is 3. The van der Waals surface area contributed by atoms with Gasteiger partial charge in [-0.25, -0.2) is 9.97 Å². The molecule has 0 radical (unpaired) electrons. The lowest BCUT2D eigenvalue weighted by molar-refractivity contribution is -0.118. The Bertz CT molecular complexity index is 1320. The van der Waals surface area contributed by atoms with E-state index in [-0.39, 0.29) is 18.0 Å². The first kappa shape index (κ1) is 22.0. The maximum atomic E-state index is 13.4. The van der Waals surface area contributed by atoms with Gasteiger partial charge in [0.2, 0.25) is 5.91 Å². The van der Waals surface area contributed by atoms with Gasteiger partial charge in [0.05, 0.1) is 7.11 Å². The van der Waals surface area contributed by atoms with Crippen molar-refractivity contribution in [1.29, 1.82) is 0 Å². The smallest absolute Gasteiger partial charge is 0.278 e. The number of ether oxygens (including phenoxy) is 1. The average molecular weight is 444 g/mol. The predicted octanol–water partition coefficient (Wildman–Crippen LogP) is 3.22. The SMILES string of the molecule is COc1ccc(-c2nc3ccc(NCc4ccccc4)nc3n(CCNC(C)=O)c2=O)cc1. The van der Waals surface area contributed by atoms with Crippen molar-refractivity contribution in [2.45, 2.75) is 20.0 Å². The minimum absolute atomic E-state index is 0.157. The number of fused-ring (bicyclic) bond motifs is 1. The summed E-state index contributed by atoms with van der Waals surface area (Å²) in [5.74, 6) is 1.18. The molecule has 8 nitrogen and oxygen atoms in total. The van der Waals surface area contributed by atoms with Crippen molar-refractivity contribution in [3.63, 3.8) is 0 Å². The zero-order valence-corrected chi connectivity index (χ0v) is 18.5. The summed E-state index contributed by atoms with van der Waals surface area (Å²) >= 11 is 0. The number of hydrogen-bond donors (Lipinski definition) is 2. The van der Waals surface area contributed by atoms with E-state index in [0.29, 0.717) is 47.1 Å². The summed E-state index contributed by atoms with van der Waals surface area (Å²) in [5.41, 5.74) is 2.90. The van der Waals surface area contributed by atoms with Crippen molar-refractivity contribution in [3.05, 3.63) is 82.6 Å². The molecule has 1 amide bonds. The first-order valence-electron chi connectivity index (χ1n) is 10.6. The van der Waals surface area contributed by atoms with Gasteiger partial charge in [0, 0.05) is 32.1 Å². The zero-order valence-electron chi connectivity index (χ0n) is 18.5. The lowest BCUT2D eigenvalue weighted by atomic mass is 10.1. The van der Waals surface area contributed by atoms with Crippen LogP contribution in [-0.4, -0.2) is 34.1 Å². The Hall–Kier alpha value is -4.20. The van der Waals surface area contributed by atoms with Gasteiger partial charge < -0.3 is 15.4 Å². The number of carbonyl (C=O) groups is 1. The number of rotatable bonds is 8. The Balaban J connectivity index is 1.73. The third-order valence-corrected chi connectivity index (χ3v) is 5.18. The van der Waals surface area contributed by atoms with E-state index in [1.807, 2.05) is 42.5 Å². The number of amides is 1. The molecule has 0 bridgehead atoms. The quantitative estimate of drug-likeness (QED) is 0.434. The van der Waals surface area contributed by atoms with Crippen LogP contribution in [-0.2, 0) is 17.9 Å². The second kappa shape index (κ2) is 9.95. The Labute approximate surface area is 191 Å².